The second kappa shape index (κ2) is 14.0. The quantitative estimate of drug-likeness (QED) is 0.217. The first kappa shape index (κ1) is 26.9. The van der Waals surface area contributed by atoms with Crippen molar-refractivity contribution >= 4 is 8.80 Å². The topological polar surface area (TPSA) is 20.2 Å². The number of aliphatic hydroxyl groups excluding tert-OH is 1. The molecular weight excluding hydrogens is 447 g/mol. The molecule has 4 rings (SSSR count). The Balaban J connectivity index is 1.11. The molecule has 1 aromatic carbocycles. The smallest absolute Gasteiger partial charge is 0.123 e. The fraction of sp³-hybridized carbons (Fsp3) is 0.750. The summed E-state index contributed by atoms with van der Waals surface area (Å²) < 4.78 is 13.2. The number of benzene rings is 1. The van der Waals surface area contributed by atoms with E-state index in [1.807, 2.05) is 12.1 Å². The van der Waals surface area contributed by atoms with Crippen LogP contribution in [0.5, 0.6) is 0 Å². The summed E-state index contributed by atoms with van der Waals surface area (Å²) in [5.41, 5.74) is 1.26. The van der Waals surface area contributed by atoms with E-state index in [4.69, 9.17) is 0 Å². The average Bonchev–Trinajstić information content (AvgIpc) is 2.89. The molecule has 1 nitrogen and oxygen atoms in total. The highest BCUT2D eigenvalue weighted by atomic mass is 28.3. The highest BCUT2D eigenvalue weighted by Crippen LogP contribution is 2.42. The minimum atomic E-state index is -0.448. The van der Waals surface area contributed by atoms with Crippen LogP contribution < -0.4 is 0 Å². The van der Waals surface area contributed by atoms with Gasteiger partial charge in [0.25, 0.3) is 0 Å². The molecule has 1 heterocycles. The number of hydrogen-bond acceptors (Lipinski definition) is 1. The fourth-order valence-electron chi connectivity index (χ4n) is 7.42. The van der Waals surface area contributed by atoms with Gasteiger partial charge in [0.15, 0.2) is 0 Å². The van der Waals surface area contributed by atoms with Crippen molar-refractivity contribution in [1.82, 2.24) is 0 Å². The van der Waals surface area contributed by atoms with E-state index in [2.05, 4.69) is 18.8 Å². The Hall–Kier alpha value is -1.11. The predicted octanol–water partition coefficient (Wildman–Crippen LogP) is 8.49. The Bertz CT molecular complexity index is 787. The van der Waals surface area contributed by atoms with E-state index in [1.54, 1.807) is 30.3 Å². The first-order valence-corrected chi connectivity index (χ1v) is 17.5. The zero-order chi connectivity index (χ0) is 24.5. The summed E-state index contributed by atoms with van der Waals surface area (Å²) in [5.74, 6) is 10.1. The van der Waals surface area contributed by atoms with Crippen LogP contribution in [0, 0.1) is 41.3 Å². The van der Waals surface area contributed by atoms with Crippen LogP contribution in [0.1, 0.15) is 108 Å². The SMILES string of the molecule is CCCCC[SiH]1CCC([C@H]2CC[C@H](CC(O)C#C[C@H]3CC[C@H](c4ccc(F)cc4)CC3)CC2)CC1. The van der Waals surface area contributed by atoms with Gasteiger partial charge in [-0.1, -0.05) is 94.0 Å². The van der Waals surface area contributed by atoms with Gasteiger partial charge in [-0.25, -0.2) is 4.39 Å². The van der Waals surface area contributed by atoms with Crippen molar-refractivity contribution in [3.63, 3.8) is 0 Å². The highest BCUT2D eigenvalue weighted by Gasteiger charge is 2.31. The zero-order valence-electron chi connectivity index (χ0n) is 22.2. The number of unbranched alkanes of at least 4 members (excludes halogenated alkanes) is 2. The summed E-state index contributed by atoms with van der Waals surface area (Å²) in [6.45, 7) is 2.32. The Labute approximate surface area is 216 Å². The summed E-state index contributed by atoms with van der Waals surface area (Å²) in [6.07, 6.45) is 17.7. The van der Waals surface area contributed by atoms with Gasteiger partial charge in [-0.15, -0.1) is 0 Å². The Morgan fingerprint density at radius 1 is 0.886 bits per heavy atom. The van der Waals surface area contributed by atoms with Crippen LogP contribution in [0.4, 0.5) is 4.39 Å². The van der Waals surface area contributed by atoms with E-state index in [1.165, 1.54) is 63.4 Å². The molecule has 0 bridgehead atoms. The lowest BCUT2D eigenvalue weighted by Gasteiger charge is -2.37. The van der Waals surface area contributed by atoms with Crippen molar-refractivity contribution in [3.8, 4) is 11.8 Å². The monoisotopic (exact) mass is 496 g/mol. The average molecular weight is 497 g/mol. The Morgan fingerprint density at radius 3 is 2.20 bits per heavy atom. The molecular formula is C32H49FOSi. The largest absolute Gasteiger partial charge is 0.380 e. The number of aliphatic hydroxyl groups is 1. The molecule has 0 aromatic heterocycles. The molecule has 1 aromatic rings. The van der Waals surface area contributed by atoms with Crippen molar-refractivity contribution in [1.29, 1.82) is 0 Å². The standard InChI is InChI=1S/C32H49FOSi/c1-2-3-4-21-35-22-19-30(20-23-35)28-12-7-26(8-13-28)24-32(34)18-9-25-5-10-27(11-6-25)29-14-16-31(33)17-15-29/h14-17,25-28,30,32,34-35H,2-8,10-13,19-24H2,1H3/t25-,26-,27-,28-,30?,32?,35?. The van der Waals surface area contributed by atoms with Gasteiger partial charge >= 0.3 is 0 Å². The highest BCUT2D eigenvalue weighted by molar-refractivity contribution is 6.58. The molecule has 3 aliphatic rings. The van der Waals surface area contributed by atoms with E-state index < -0.39 is 6.10 Å². The molecule has 3 fully saturated rings. The van der Waals surface area contributed by atoms with Crippen LogP contribution in [-0.2, 0) is 0 Å². The zero-order valence-corrected chi connectivity index (χ0v) is 23.4. The molecule has 0 radical (unpaired) electrons. The summed E-state index contributed by atoms with van der Waals surface area (Å²) >= 11 is 0. The lowest BCUT2D eigenvalue weighted by atomic mass is 9.73. The molecule has 1 unspecified atom stereocenters. The molecule has 0 amide bonds. The third-order valence-corrected chi connectivity index (χ3v) is 13.3. The molecule has 35 heavy (non-hydrogen) atoms. The maximum atomic E-state index is 13.2. The lowest BCUT2D eigenvalue weighted by Crippen LogP contribution is -2.29. The first-order chi connectivity index (χ1) is 17.1. The van der Waals surface area contributed by atoms with Crippen molar-refractivity contribution in [2.24, 2.45) is 23.7 Å². The molecule has 0 spiro atoms. The van der Waals surface area contributed by atoms with Crippen molar-refractivity contribution in [3.05, 3.63) is 35.6 Å². The number of halogens is 1. The first-order valence-electron chi connectivity index (χ1n) is 15.0. The van der Waals surface area contributed by atoms with E-state index in [0.29, 0.717) is 17.8 Å². The number of rotatable bonds is 8. The predicted molar refractivity (Wildman–Crippen MR) is 149 cm³/mol. The summed E-state index contributed by atoms with van der Waals surface area (Å²) in [6, 6.07) is 11.9. The van der Waals surface area contributed by atoms with Gasteiger partial charge in [-0.2, -0.15) is 0 Å². The van der Waals surface area contributed by atoms with E-state index in [-0.39, 0.29) is 14.6 Å². The Kier molecular flexibility index (Phi) is 10.8. The van der Waals surface area contributed by atoms with Gasteiger partial charge in [0.05, 0.1) is 0 Å². The molecule has 3 heteroatoms. The second-order valence-corrected chi connectivity index (χ2v) is 15.7. The van der Waals surface area contributed by atoms with Crippen molar-refractivity contribution in [2.45, 2.75) is 127 Å². The van der Waals surface area contributed by atoms with Gasteiger partial charge in [0.1, 0.15) is 11.9 Å². The minimum Gasteiger partial charge on any atom is -0.380 e. The van der Waals surface area contributed by atoms with E-state index in [0.717, 1.165) is 43.9 Å². The van der Waals surface area contributed by atoms with E-state index >= 15 is 0 Å². The van der Waals surface area contributed by atoms with Gasteiger partial charge < -0.3 is 5.11 Å². The normalized spacial score (nSPS) is 32.4. The fourth-order valence-corrected chi connectivity index (χ4v) is 11.0. The van der Waals surface area contributed by atoms with Gasteiger partial charge in [-0.3, -0.25) is 0 Å². The molecule has 1 N–H and O–H groups in total. The van der Waals surface area contributed by atoms with Crippen LogP contribution in [-0.4, -0.2) is 20.0 Å². The summed E-state index contributed by atoms with van der Waals surface area (Å²) in [5, 5.41) is 10.6. The lowest BCUT2D eigenvalue weighted by molar-refractivity contribution is 0.142. The van der Waals surface area contributed by atoms with Crippen molar-refractivity contribution in [2.75, 3.05) is 0 Å². The molecule has 2 aliphatic carbocycles. The molecule has 1 aliphatic heterocycles. The summed E-state index contributed by atoms with van der Waals surface area (Å²) in [7, 11) is -0.387. The molecule has 194 valence electrons. The van der Waals surface area contributed by atoms with Gasteiger partial charge in [-0.05, 0) is 86.3 Å². The van der Waals surface area contributed by atoms with E-state index in [9.17, 15) is 9.50 Å². The van der Waals surface area contributed by atoms with Crippen LogP contribution in [0.3, 0.4) is 0 Å². The third kappa shape index (κ3) is 8.46. The molecule has 1 atom stereocenters. The van der Waals surface area contributed by atoms with Gasteiger partial charge in [0.2, 0.25) is 0 Å². The maximum absolute atomic E-state index is 13.2. The molecule has 2 saturated carbocycles. The van der Waals surface area contributed by atoms with Gasteiger partial charge in [0, 0.05) is 14.7 Å². The minimum absolute atomic E-state index is 0.155. The van der Waals surface area contributed by atoms with Crippen LogP contribution >= 0.6 is 0 Å². The molecule has 1 saturated heterocycles. The van der Waals surface area contributed by atoms with Crippen LogP contribution in [0.25, 0.3) is 0 Å². The van der Waals surface area contributed by atoms with Crippen LogP contribution in [0.15, 0.2) is 24.3 Å². The third-order valence-electron chi connectivity index (χ3n) is 9.74. The second-order valence-electron chi connectivity index (χ2n) is 12.2. The van der Waals surface area contributed by atoms with Crippen LogP contribution in [0.2, 0.25) is 18.1 Å². The maximum Gasteiger partial charge on any atom is 0.123 e. The number of hydrogen-bond donors (Lipinski definition) is 1. The van der Waals surface area contributed by atoms with Crippen molar-refractivity contribution < 1.29 is 9.50 Å². The Morgan fingerprint density at radius 2 is 1.54 bits per heavy atom. The summed E-state index contributed by atoms with van der Waals surface area (Å²) in [4.78, 5) is 0.